The molecular weight excluding hydrogens is 172 g/mol. The van der Waals surface area contributed by atoms with E-state index in [1.807, 2.05) is 0 Å². The Morgan fingerprint density at radius 1 is 1.07 bits per heavy atom. The first-order valence-electron chi connectivity index (χ1n) is 6.02. The summed E-state index contributed by atoms with van der Waals surface area (Å²) >= 11 is 0. The standard InChI is InChI=1S/C12H28N2/c1-6-12(5,7-2)10-11(13)14(8-3)9-4/h11H,6-10,13H2,1-5H3. The van der Waals surface area contributed by atoms with Gasteiger partial charge in [0.05, 0.1) is 6.17 Å². The monoisotopic (exact) mass is 200 g/mol. The quantitative estimate of drug-likeness (QED) is 0.640. The van der Waals surface area contributed by atoms with Gasteiger partial charge in [0.1, 0.15) is 0 Å². The SMILES string of the molecule is CCN(CC)C(N)CC(C)(CC)CC. The molecule has 0 rings (SSSR count). The molecule has 2 heteroatoms. The van der Waals surface area contributed by atoms with E-state index in [2.05, 4.69) is 39.5 Å². The van der Waals surface area contributed by atoms with Gasteiger partial charge in [0.2, 0.25) is 0 Å². The van der Waals surface area contributed by atoms with Gasteiger partial charge in [-0.1, -0.05) is 47.5 Å². The Kier molecular flexibility index (Phi) is 6.38. The molecule has 0 saturated heterocycles. The lowest BCUT2D eigenvalue weighted by Crippen LogP contribution is -2.44. The summed E-state index contributed by atoms with van der Waals surface area (Å²) in [5.41, 5.74) is 6.62. The molecule has 1 atom stereocenters. The molecule has 0 aliphatic heterocycles. The Hall–Kier alpha value is -0.0800. The lowest BCUT2D eigenvalue weighted by Gasteiger charge is -2.35. The fraction of sp³-hybridized carbons (Fsp3) is 1.00. The Labute approximate surface area is 89.9 Å². The Balaban J connectivity index is 4.20. The van der Waals surface area contributed by atoms with E-state index >= 15 is 0 Å². The summed E-state index contributed by atoms with van der Waals surface area (Å²) in [5.74, 6) is 0. The summed E-state index contributed by atoms with van der Waals surface area (Å²) < 4.78 is 0. The zero-order chi connectivity index (χ0) is 11.2. The summed E-state index contributed by atoms with van der Waals surface area (Å²) in [5, 5.41) is 0. The van der Waals surface area contributed by atoms with Crippen molar-refractivity contribution in [1.29, 1.82) is 0 Å². The van der Waals surface area contributed by atoms with E-state index in [9.17, 15) is 0 Å². The Morgan fingerprint density at radius 3 is 1.79 bits per heavy atom. The highest BCUT2D eigenvalue weighted by molar-refractivity contribution is 4.77. The number of hydrogen-bond acceptors (Lipinski definition) is 2. The van der Waals surface area contributed by atoms with Gasteiger partial charge >= 0.3 is 0 Å². The van der Waals surface area contributed by atoms with E-state index in [0.29, 0.717) is 5.41 Å². The predicted octanol–water partition coefficient (Wildman–Crippen LogP) is 2.83. The van der Waals surface area contributed by atoms with Crippen LogP contribution in [0.2, 0.25) is 0 Å². The molecule has 0 aliphatic carbocycles. The van der Waals surface area contributed by atoms with E-state index in [1.165, 1.54) is 12.8 Å². The zero-order valence-corrected chi connectivity index (χ0v) is 10.6. The first-order chi connectivity index (χ1) is 6.52. The van der Waals surface area contributed by atoms with Crippen molar-refractivity contribution in [3.05, 3.63) is 0 Å². The van der Waals surface area contributed by atoms with E-state index < -0.39 is 0 Å². The molecule has 0 fully saturated rings. The molecule has 2 nitrogen and oxygen atoms in total. The highest BCUT2D eigenvalue weighted by Crippen LogP contribution is 2.31. The maximum Gasteiger partial charge on any atom is 0.0576 e. The van der Waals surface area contributed by atoms with Crippen LogP contribution < -0.4 is 5.73 Å². The minimum absolute atomic E-state index is 0.231. The molecule has 0 aromatic carbocycles. The molecule has 2 N–H and O–H groups in total. The molecule has 0 amide bonds. The second-order valence-electron chi connectivity index (χ2n) is 4.51. The molecular formula is C12H28N2. The summed E-state index contributed by atoms with van der Waals surface area (Å²) in [4.78, 5) is 2.34. The second kappa shape index (κ2) is 6.41. The molecule has 0 saturated carbocycles. The van der Waals surface area contributed by atoms with Crippen LogP contribution in [0.4, 0.5) is 0 Å². The van der Waals surface area contributed by atoms with Gasteiger partial charge in [-0.2, -0.15) is 0 Å². The largest absolute Gasteiger partial charge is 0.316 e. The normalized spacial score (nSPS) is 14.8. The highest BCUT2D eigenvalue weighted by atomic mass is 15.2. The van der Waals surface area contributed by atoms with Crippen LogP contribution in [0.15, 0.2) is 0 Å². The van der Waals surface area contributed by atoms with Gasteiger partial charge in [0.25, 0.3) is 0 Å². The topological polar surface area (TPSA) is 29.3 Å². The van der Waals surface area contributed by atoms with Crippen LogP contribution in [0.25, 0.3) is 0 Å². The van der Waals surface area contributed by atoms with Crippen LogP contribution in [-0.2, 0) is 0 Å². The second-order valence-corrected chi connectivity index (χ2v) is 4.51. The third kappa shape index (κ3) is 3.97. The fourth-order valence-electron chi connectivity index (χ4n) is 1.87. The Bertz CT molecular complexity index is 137. The first kappa shape index (κ1) is 13.9. The van der Waals surface area contributed by atoms with Crippen molar-refractivity contribution in [2.24, 2.45) is 11.1 Å². The summed E-state index contributed by atoms with van der Waals surface area (Å²) in [6, 6.07) is 0. The van der Waals surface area contributed by atoms with Gasteiger partial charge in [0.15, 0.2) is 0 Å². The Morgan fingerprint density at radius 2 is 1.50 bits per heavy atom. The van der Waals surface area contributed by atoms with E-state index in [1.54, 1.807) is 0 Å². The van der Waals surface area contributed by atoms with Crippen LogP contribution in [0, 0.1) is 5.41 Å². The summed E-state index contributed by atoms with van der Waals surface area (Å²) in [6.07, 6.45) is 3.79. The van der Waals surface area contributed by atoms with Gasteiger partial charge in [-0.25, -0.2) is 0 Å². The maximum absolute atomic E-state index is 6.20. The molecule has 1 unspecified atom stereocenters. The summed E-state index contributed by atoms with van der Waals surface area (Å²) in [7, 11) is 0. The van der Waals surface area contributed by atoms with Crippen molar-refractivity contribution in [3.63, 3.8) is 0 Å². The minimum atomic E-state index is 0.231. The molecule has 0 aromatic heterocycles. The molecule has 14 heavy (non-hydrogen) atoms. The zero-order valence-electron chi connectivity index (χ0n) is 10.6. The van der Waals surface area contributed by atoms with Gasteiger partial charge in [0, 0.05) is 0 Å². The lowest BCUT2D eigenvalue weighted by molar-refractivity contribution is 0.140. The molecule has 0 heterocycles. The minimum Gasteiger partial charge on any atom is -0.316 e. The smallest absolute Gasteiger partial charge is 0.0576 e. The lowest BCUT2D eigenvalue weighted by atomic mass is 9.80. The predicted molar refractivity (Wildman–Crippen MR) is 64.2 cm³/mol. The first-order valence-corrected chi connectivity index (χ1v) is 6.02. The molecule has 0 aromatic rings. The maximum atomic E-state index is 6.20. The van der Waals surface area contributed by atoms with Crippen molar-refractivity contribution in [3.8, 4) is 0 Å². The number of nitrogens with two attached hydrogens (primary N) is 1. The molecule has 0 radical (unpaired) electrons. The van der Waals surface area contributed by atoms with Crippen LogP contribution in [0.1, 0.15) is 53.9 Å². The van der Waals surface area contributed by atoms with Gasteiger partial charge in [-0.05, 0) is 24.9 Å². The van der Waals surface area contributed by atoms with Crippen molar-refractivity contribution in [2.75, 3.05) is 13.1 Å². The molecule has 0 bridgehead atoms. The van der Waals surface area contributed by atoms with Crippen molar-refractivity contribution >= 4 is 0 Å². The van der Waals surface area contributed by atoms with E-state index in [4.69, 9.17) is 5.73 Å². The number of rotatable bonds is 7. The van der Waals surface area contributed by atoms with Gasteiger partial charge < -0.3 is 5.73 Å². The fourth-order valence-corrected chi connectivity index (χ4v) is 1.87. The third-order valence-corrected chi connectivity index (χ3v) is 3.69. The average molecular weight is 200 g/mol. The number of hydrogen-bond donors (Lipinski definition) is 1. The van der Waals surface area contributed by atoms with Gasteiger partial charge in [-0.15, -0.1) is 0 Å². The van der Waals surface area contributed by atoms with Crippen LogP contribution in [0.5, 0.6) is 0 Å². The third-order valence-electron chi connectivity index (χ3n) is 3.69. The molecule has 0 aliphatic rings. The summed E-state index contributed by atoms with van der Waals surface area (Å²) in [6.45, 7) is 13.3. The van der Waals surface area contributed by atoms with Gasteiger partial charge in [-0.3, -0.25) is 4.90 Å². The van der Waals surface area contributed by atoms with Crippen LogP contribution in [-0.4, -0.2) is 24.2 Å². The van der Waals surface area contributed by atoms with E-state index in [0.717, 1.165) is 19.5 Å². The van der Waals surface area contributed by atoms with Crippen molar-refractivity contribution in [2.45, 2.75) is 60.0 Å². The van der Waals surface area contributed by atoms with Crippen LogP contribution >= 0.6 is 0 Å². The van der Waals surface area contributed by atoms with Crippen molar-refractivity contribution in [1.82, 2.24) is 4.90 Å². The number of nitrogens with zero attached hydrogens (tertiary/aromatic N) is 1. The highest BCUT2D eigenvalue weighted by Gasteiger charge is 2.24. The van der Waals surface area contributed by atoms with Crippen LogP contribution in [0.3, 0.4) is 0 Å². The average Bonchev–Trinajstić information content (AvgIpc) is 2.19. The molecule has 86 valence electrons. The van der Waals surface area contributed by atoms with Crippen molar-refractivity contribution < 1.29 is 0 Å². The molecule has 0 spiro atoms. The van der Waals surface area contributed by atoms with E-state index in [-0.39, 0.29) is 6.17 Å².